The van der Waals surface area contributed by atoms with E-state index >= 15 is 0 Å². The van der Waals surface area contributed by atoms with Crippen LogP contribution in [0.1, 0.15) is 12.5 Å². The number of halogens is 3. The van der Waals surface area contributed by atoms with E-state index in [2.05, 4.69) is 32.2 Å². The number of aliphatic hydroxyl groups excluding tert-OH is 2. The molecule has 4 bridgehead atoms. The van der Waals surface area contributed by atoms with Gasteiger partial charge in [-0.1, -0.05) is 35.5 Å². The van der Waals surface area contributed by atoms with Gasteiger partial charge >= 0.3 is 13.5 Å². The summed E-state index contributed by atoms with van der Waals surface area (Å²) in [5.41, 5.74) is 7.05. The standard InChI is InChI=1S/C22H22Cl3N7O10P2S2/c23-7-1-9-10(2-8(7)24)32(22(25)30-9)21-17-15(34)12(40-21)4-38-43(35,45)41-16-14(33)11(3-37-44(36,46)42-17)39-20(16)31-6-29-13-18(26)27-5-28-19(13)31/h1-2,5-6,11-12,14-17,20-21,33-34H,3-4H2,(H,35,45)(H,36,46)(H2,26,27,28)/t11-,12-,14?,15?,16?,17?,20-,21-,43?,44?/m1/s1. The Balaban J connectivity index is 1.23. The topological polar surface area (TPSA) is 221 Å². The van der Waals surface area contributed by atoms with Gasteiger partial charge in [-0.05, 0) is 35.5 Å². The van der Waals surface area contributed by atoms with E-state index in [9.17, 15) is 19.7 Å². The van der Waals surface area contributed by atoms with Crippen LogP contribution in [0.25, 0.3) is 22.2 Å². The Morgan fingerprint density at radius 1 is 0.978 bits per heavy atom. The van der Waals surface area contributed by atoms with E-state index in [1.165, 1.54) is 33.9 Å². The Morgan fingerprint density at radius 3 is 2.37 bits per heavy atom. The lowest BCUT2D eigenvalue weighted by Crippen LogP contribution is -2.37. The second-order valence-electron chi connectivity index (χ2n) is 10.4. The molecule has 0 aliphatic carbocycles. The van der Waals surface area contributed by atoms with Gasteiger partial charge in [0.25, 0.3) is 0 Å². The smallest absolute Gasteiger partial charge is 0.386 e. The number of ether oxygens (including phenoxy) is 2. The molecular formula is C22H22Cl3N7O10P2S2. The maximum absolute atomic E-state index is 13.6. The van der Waals surface area contributed by atoms with Gasteiger partial charge < -0.3 is 34.8 Å². The van der Waals surface area contributed by atoms with Crippen LogP contribution in [0, 0.1) is 0 Å². The van der Waals surface area contributed by atoms with Crippen molar-refractivity contribution in [3.05, 3.63) is 40.1 Å². The molecule has 0 spiro atoms. The van der Waals surface area contributed by atoms with Crippen LogP contribution in [0.2, 0.25) is 15.3 Å². The van der Waals surface area contributed by atoms with E-state index in [0.717, 1.165) is 0 Å². The Hall–Kier alpha value is -1.22. The van der Waals surface area contributed by atoms with Gasteiger partial charge in [-0.2, -0.15) is 0 Å². The number of benzene rings is 1. The number of hydrogen-bond donors (Lipinski definition) is 5. The summed E-state index contributed by atoms with van der Waals surface area (Å²) in [4.78, 5) is 27.7. The zero-order valence-corrected chi connectivity index (χ0v) is 28.5. The first kappa shape index (κ1) is 33.3. The van der Waals surface area contributed by atoms with Crippen molar-refractivity contribution in [3.8, 4) is 0 Å². The summed E-state index contributed by atoms with van der Waals surface area (Å²) in [7, 11) is 0. The second-order valence-corrected chi connectivity index (χ2v) is 17.2. The third-order valence-corrected chi connectivity index (χ3v) is 11.7. The van der Waals surface area contributed by atoms with Gasteiger partial charge in [0.2, 0.25) is 5.28 Å². The van der Waals surface area contributed by atoms with Gasteiger partial charge in [0.15, 0.2) is 23.9 Å². The van der Waals surface area contributed by atoms with Crippen LogP contribution in [0.3, 0.4) is 0 Å². The van der Waals surface area contributed by atoms with Crippen molar-refractivity contribution in [1.29, 1.82) is 0 Å². The minimum absolute atomic E-state index is 0.0862. The molecule has 6 unspecified atom stereocenters. The molecule has 248 valence electrons. The molecule has 3 aliphatic rings. The molecule has 3 saturated heterocycles. The third-order valence-electron chi connectivity index (χ3n) is 7.54. The fourth-order valence-electron chi connectivity index (χ4n) is 5.43. The molecule has 3 aromatic heterocycles. The quantitative estimate of drug-likeness (QED) is 0.146. The predicted octanol–water partition coefficient (Wildman–Crippen LogP) is 3.01. The SMILES string of the molecule is Nc1ncnc2c1ncn2[C@@H]1O[C@@H]2COP(O)(=S)OC3C(O)[C@@H](COP(=O)(S)OC1C2O)O[C@H]3n1c(Cl)nc2cc(Cl)c(Cl)cc21. The van der Waals surface area contributed by atoms with Crippen LogP contribution in [-0.4, -0.2) is 94.0 Å². The number of anilines is 1. The van der Waals surface area contributed by atoms with Crippen LogP contribution in [0.15, 0.2) is 24.8 Å². The zero-order chi connectivity index (χ0) is 32.7. The number of hydrogen-bond acceptors (Lipinski definition) is 15. The zero-order valence-electron chi connectivity index (χ0n) is 22.7. The average molecular weight is 777 g/mol. The Labute approximate surface area is 283 Å². The summed E-state index contributed by atoms with van der Waals surface area (Å²) in [6, 6.07) is 2.96. The number of nitrogens with two attached hydrogens (primary N) is 1. The Kier molecular flexibility index (Phi) is 8.88. The number of nitrogens with zero attached hydrogens (tertiary/aromatic N) is 6. The highest BCUT2D eigenvalue weighted by molar-refractivity contribution is 8.44. The summed E-state index contributed by atoms with van der Waals surface area (Å²) < 4.78 is 51.0. The van der Waals surface area contributed by atoms with Crippen LogP contribution in [-0.2, 0) is 43.9 Å². The fourth-order valence-corrected chi connectivity index (χ4v) is 8.90. The molecule has 0 saturated carbocycles. The van der Waals surface area contributed by atoms with Crippen molar-refractivity contribution in [3.63, 3.8) is 0 Å². The van der Waals surface area contributed by atoms with Gasteiger partial charge in [-0.25, -0.2) is 24.5 Å². The molecule has 4 aromatic rings. The maximum Gasteiger partial charge on any atom is 0.386 e. The number of aliphatic hydroxyl groups is 2. The summed E-state index contributed by atoms with van der Waals surface area (Å²) in [6.45, 7) is -9.65. The van der Waals surface area contributed by atoms with Gasteiger partial charge in [-0.15, -0.1) is 0 Å². The molecule has 1 aromatic carbocycles. The molecule has 3 fully saturated rings. The van der Waals surface area contributed by atoms with Gasteiger partial charge in [0.1, 0.15) is 48.5 Å². The molecular weight excluding hydrogens is 755 g/mol. The minimum Gasteiger partial charge on any atom is -0.387 e. The number of fused-ring (bicyclic) bond motifs is 6. The number of nitrogen functional groups attached to an aromatic ring is 1. The number of thiol groups is 1. The van der Waals surface area contributed by atoms with E-state index in [-0.39, 0.29) is 32.3 Å². The molecule has 0 amide bonds. The van der Waals surface area contributed by atoms with Crippen molar-refractivity contribution < 1.29 is 47.2 Å². The minimum atomic E-state index is -4.33. The van der Waals surface area contributed by atoms with Crippen LogP contribution in [0.5, 0.6) is 0 Å². The van der Waals surface area contributed by atoms with Gasteiger partial charge in [0, 0.05) is 0 Å². The van der Waals surface area contributed by atoms with Crippen molar-refractivity contribution in [2.24, 2.45) is 0 Å². The van der Waals surface area contributed by atoms with E-state index in [1.807, 2.05) is 0 Å². The Morgan fingerprint density at radius 2 is 1.63 bits per heavy atom. The number of aromatic nitrogens is 6. The van der Waals surface area contributed by atoms with Gasteiger partial charge in [0.05, 0.1) is 40.6 Å². The van der Waals surface area contributed by atoms with Crippen molar-refractivity contribution in [2.75, 3.05) is 18.9 Å². The lowest BCUT2D eigenvalue weighted by atomic mass is 10.1. The molecule has 46 heavy (non-hydrogen) atoms. The molecule has 17 nitrogen and oxygen atoms in total. The normalized spacial score (nSPS) is 37.2. The number of imidazole rings is 2. The second kappa shape index (κ2) is 12.3. The average Bonchev–Trinajstić information content (AvgIpc) is 3.71. The fraction of sp³-hybridized carbons (Fsp3) is 0.455. The van der Waals surface area contributed by atoms with E-state index in [4.69, 9.17) is 79.9 Å². The summed E-state index contributed by atoms with van der Waals surface area (Å²) in [5, 5.41) is 22.8. The van der Waals surface area contributed by atoms with Crippen LogP contribution >= 0.6 is 60.6 Å². The highest BCUT2D eigenvalue weighted by Crippen LogP contribution is 2.58. The molecule has 6 heterocycles. The molecule has 24 heteroatoms. The van der Waals surface area contributed by atoms with Crippen LogP contribution < -0.4 is 5.73 Å². The van der Waals surface area contributed by atoms with E-state index in [0.29, 0.717) is 11.0 Å². The first-order chi connectivity index (χ1) is 21.7. The Bertz CT molecular complexity index is 1940. The number of rotatable bonds is 2. The molecule has 5 N–H and O–H groups in total. The van der Waals surface area contributed by atoms with Crippen molar-refractivity contribution >= 4 is 100 Å². The summed E-state index contributed by atoms with van der Waals surface area (Å²) in [6.07, 6.45) is -8.39. The monoisotopic (exact) mass is 775 g/mol. The lowest BCUT2D eigenvalue weighted by molar-refractivity contribution is -0.0599. The van der Waals surface area contributed by atoms with Crippen LogP contribution in [0.4, 0.5) is 5.82 Å². The molecule has 3 aliphatic heterocycles. The molecule has 7 rings (SSSR count). The highest BCUT2D eigenvalue weighted by Gasteiger charge is 2.53. The maximum atomic E-state index is 13.6. The van der Waals surface area contributed by atoms with Crippen molar-refractivity contribution in [2.45, 2.75) is 49.1 Å². The summed E-state index contributed by atoms with van der Waals surface area (Å²) >= 11 is 28.2. The lowest BCUT2D eigenvalue weighted by Gasteiger charge is -2.28. The largest absolute Gasteiger partial charge is 0.387 e. The van der Waals surface area contributed by atoms with Gasteiger partial charge in [-0.3, -0.25) is 22.7 Å². The first-order valence-electron chi connectivity index (χ1n) is 13.2. The van der Waals surface area contributed by atoms with E-state index < -0.39 is 75.8 Å². The highest BCUT2D eigenvalue weighted by atomic mass is 35.5. The van der Waals surface area contributed by atoms with Crippen molar-refractivity contribution in [1.82, 2.24) is 29.1 Å². The molecule has 0 radical (unpaired) electrons. The molecule has 10 atom stereocenters. The summed E-state index contributed by atoms with van der Waals surface area (Å²) in [5.74, 6) is 0.0862. The first-order valence-corrected chi connectivity index (χ1v) is 19.6. The predicted molar refractivity (Wildman–Crippen MR) is 169 cm³/mol. The third kappa shape index (κ3) is 5.98. The van der Waals surface area contributed by atoms with E-state index in [1.54, 1.807) is 0 Å².